The molecule has 2 rings (SSSR count). The first-order valence-electron chi connectivity index (χ1n) is 6.49. The molecule has 0 aliphatic carbocycles. The van der Waals surface area contributed by atoms with E-state index in [4.69, 9.17) is 16.3 Å². The molecule has 2 atom stereocenters. The molecule has 0 aromatic carbocycles. The van der Waals surface area contributed by atoms with E-state index in [0.717, 1.165) is 25.1 Å². The number of ether oxygens (including phenoxy) is 1. The maximum atomic E-state index is 12.5. The molecule has 104 valence electrons. The minimum absolute atomic E-state index is 0.0226. The van der Waals surface area contributed by atoms with Crippen LogP contribution in [0.15, 0.2) is 12.1 Å². The first-order chi connectivity index (χ1) is 9.01. The SMILES string of the molecule is COC1CCN(C(=O)c2cc(C)nc(Cl)c2)C(C)C1. The number of nitrogens with zero attached hydrogens (tertiary/aromatic N) is 2. The van der Waals surface area contributed by atoms with Crippen molar-refractivity contribution >= 4 is 17.5 Å². The van der Waals surface area contributed by atoms with Gasteiger partial charge in [0.1, 0.15) is 5.15 Å². The Kier molecular flexibility index (Phi) is 4.42. The molecule has 0 saturated carbocycles. The summed E-state index contributed by atoms with van der Waals surface area (Å²) in [5, 5.41) is 0.364. The summed E-state index contributed by atoms with van der Waals surface area (Å²) in [6.07, 6.45) is 2.01. The van der Waals surface area contributed by atoms with Gasteiger partial charge in [-0.3, -0.25) is 4.79 Å². The van der Waals surface area contributed by atoms with E-state index in [1.54, 1.807) is 19.2 Å². The smallest absolute Gasteiger partial charge is 0.254 e. The number of carbonyl (C=O) groups is 1. The number of piperidine rings is 1. The Bertz CT molecular complexity index is 458. The summed E-state index contributed by atoms with van der Waals surface area (Å²) in [6.45, 7) is 4.61. The van der Waals surface area contributed by atoms with Crippen molar-refractivity contribution in [2.45, 2.75) is 38.8 Å². The highest BCUT2D eigenvalue weighted by atomic mass is 35.5. The monoisotopic (exact) mass is 282 g/mol. The number of carbonyl (C=O) groups excluding carboxylic acids is 1. The Morgan fingerprint density at radius 3 is 2.84 bits per heavy atom. The van der Waals surface area contributed by atoms with Crippen LogP contribution in [0.4, 0.5) is 0 Å². The molecule has 5 heteroatoms. The Morgan fingerprint density at radius 1 is 1.53 bits per heavy atom. The van der Waals surface area contributed by atoms with Crippen molar-refractivity contribution in [2.75, 3.05) is 13.7 Å². The van der Waals surface area contributed by atoms with E-state index in [2.05, 4.69) is 11.9 Å². The predicted octanol–water partition coefficient (Wildman–Crippen LogP) is 2.68. The lowest BCUT2D eigenvalue weighted by molar-refractivity contribution is 0.0160. The molecule has 0 N–H and O–H groups in total. The maximum Gasteiger partial charge on any atom is 0.254 e. The summed E-state index contributed by atoms with van der Waals surface area (Å²) in [6, 6.07) is 3.59. The zero-order valence-electron chi connectivity index (χ0n) is 11.5. The molecule has 19 heavy (non-hydrogen) atoms. The van der Waals surface area contributed by atoms with E-state index >= 15 is 0 Å². The molecular weight excluding hydrogens is 264 g/mol. The summed E-state index contributed by atoms with van der Waals surface area (Å²) in [5.41, 5.74) is 1.37. The van der Waals surface area contributed by atoms with Crippen molar-refractivity contribution in [3.05, 3.63) is 28.5 Å². The molecule has 1 amide bonds. The van der Waals surface area contributed by atoms with Crippen molar-refractivity contribution in [3.8, 4) is 0 Å². The van der Waals surface area contributed by atoms with Gasteiger partial charge in [0.05, 0.1) is 6.10 Å². The zero-order valence-corrected chi connectivity index (χ0v) is 12.3. The van der Waals surface area contributed by atoms with E-state index in [-0.39, 0.29) is 18.1 Å². The number of rotatable bonds is 2. The normalized spacial score (nSPS) is 23.5. The van der Waals surface area contributed by atoms with Crippen LogP contribution in [0.5, 0.6) is 0 Å². The summed E-state index contributed by atoms with van der Waals surface area (Å²) >= 11 is 5.91. The van der Waals surface area contributed by atoms with Crippen LogP contribution in [0.2, 0.25) is 5.15 Å². The summed E-state index contributed by atoms with van der Waals surface area (Å²) in [7, 11) is 1.72. The quantitative estimate of drug-likeness (QED) is 0.783. The zero-order chi connectivity index (χ0) is 14.0. The molecular formula is C14H19ClN2O2. The largest absolute Gasteiger partial charge is 0.381 e. The first kappa shape index (κ1) is 14.3. The van der Waals surface area contributed by atoms with Crippen LogP contribution in [-0.2, 0) is 4.74 Å². The highest BCUT2D eigenvalue weighted by molar-refractivity contribution is 6.29. The molecule has 0 bridgehead atoms. The number of likely N-dealkylation sites (tertiary alicyclic amines) is 1. The van der Waals surface area contributed by atoms with E-state index in [9.17, 15) is 4.79 Å². The van der Waals surface area contributed by atoms with Crippen LogP contribution in [0.1, 0.15) is 35.8 Å². The van der Waals surface area contributed by atoms with E-state index < -0.39 is 0 Å². The average Bonchev–Trinajstić information content (AvgIpc) is 2.36. The van der Waals surface area contributed by atoms with Crippen molar-refractivity contribution in [3.63, 3.8) is 0 Å². The van der Waals surface area contributed by atoms with Gasteiger partial charge < -0.3 is 9.64 Å². The number of hydrogen-bond donors (Lipinski definition) is 0. The molecule has 1 aliphatic rings. The second-order valence-electron chi connectivity index (χ2n) is 5.05. The fraction of sp³-hybridized carbons (Fsp3) is 0.571. The summed E-state index contributed by atoms with van der Waals surface area (Å²) < 4.78 is 5.36. The highest BCUT2D eigenvalue weighted by Gasteiger charge is 2.29. The molecule has 0 spiro atoms. The Morgan fingerprint density at radius 2 is 2.26 bits per heavy atom. The van der Waals surface area contributed by atoms with Gasteiger partial charge in [0, 0.05) is 31.0 Å². The molecule has 1 aromatic heterocycles. The third-order valence-corrected chi connectivity index (χ3v) is 3.78. The van der Waals surface area contributed by atoms with Crippen LogP contribution in [0, 0.1) is 6.92 Å². The van der Waals surface area contributed by atoms with Crippen LogP contribution in [0.3, 0.4) is 0 Å². The second-order valence-corrected chi connectivity index (χ2v) is 5.44. The van der Waals surface area contributed by atoms with Gasteiger partial charge in [0.2, 0.25) is 0 Å². The number of halogens is 1. The van der Waals surface area contributed by atoms with Crippen molar-refractivity contribution in [2.24, 2.45) is 0 Å². The van der Waals surface area contributed by atoms with Gasteiger partial charge >= 0.3 is 0 Å². The van der Waals surface area contributed by atoms with E-state index in [0.29, 0.717) is 10.7 Å². The fourth-order valence-corrected chi connectivity index (χ4v) is 2.81. The molecule has 1 saturated heterocycles. The number of hydrogen-bond acceptors (Lipinski definition) is 3. The minimum atomic E-state index is 0.0226. The molecule has 2 unspecified atom stereocenters. The van der Waals surface area contributed by atoms with Crippen LogP contribution < -0.4 is 0 Å². The Balaban J connectivity index is 2.15. The van der Waals surface area contributed by atoms with Crippen LogP contribution >= 0.6 is 11.6 Å². The van der Waals surface area contributed by atoms with Gasteiger partial charge in [-0.2, -0.15) is 0 Å². The lowest BCUT2D eigenvalue weighted by atomic mass is 9.99. The lowest BCUT2D eigenvalue weighted by Gasteiger charge is -2.37. The standard InChI is InChI=1S/C14H19ClN2O2/c1-9-6-11(8-13(15)16-9)14(18)17-5-4-12(19-3)7-10(17)2/h6,8,10,12H,4-5,7H2,1-3H3. The van der Waals surface area contributed by atoms with Gasteiger partial charge in [-0.25, -0.2) is 4.98 Å². The Hall–Kier alpha value is -1.13. The fourth-order valence-electron chi connectivity index (χ4n) is 2.56. The topological polar surface area (TPSA) is 42.4 Å². The number of aryl methyl sites for hydroxylation is 1. The molecule has 1 aromatic rings. The Labute approximate surface area is 118 Å². The van der Waals surface area contributed by atoms with E-state index in [1.165, 1.54) is 0 Å². The molecule has 1 aliphatic heterocycles. The average molecular weight is 283 g/mol. The van der Waals surface area contributed by atoms with Crippen molar-refractivity contribution in [1.29, 1.82) is 0 Å². The second kappa shape index (κ2) is 5.88. The number of pyridine rings is 1. The molecule has 1 fully saturated rings. The lowest BCUT2D eigenvalue weighted by Crippen LogP contribution is -2.46. The number of methoxy groups -OCH3 is 1. The third-order valence-electron chi connectivity index (χ3n) is 3.59. The van der Waals surface area contributed by atoms with Gasteiger partial charge in [-0.15, -0.1) is 0 Å². The van der Waals surface area contributed by atoms with Gasteiger partial charge in [0.15, 0.2) is 0 Å². The van der Waals surface area contributed by atoms with Crippen LogP contribution in [0.25, 0.3) is 0 Å². The van der Waals surface area contributed by atoms with Crippen molar-refractivity contribution in [1.82, 2.24) is 9.88 Å². The van der Waals surface area contributed by atoms with Gasteiger partial charge in [0.25, 0.3) is 5.91 Å². The van der Waals surface area contributed by atoms with Crippen molar-refractivity contribution < 1.29 is 9.53 Å². The molecule has 4 nitrogen and oxygen atoms in total. The van der Waals surface area contributed by atoms with Gasteiger partial charge in [-0.1, -0.05) is 11.6 Å². The molecule has 0 radical (unpaired) electrons. The molecule has 2 heterocycles. The summed E-state index contributed by atoms with van der Waals surface area (Å²) in [4.78, 5) is 18.5. The van der Waals surface area contributed by atoms with E-state index in [1.807, 2.05) is 11.8 Å². The third kappa shape index (κ3) is 3.25. The first-order valence-corrected chi connectivity index (χ1v) is 6.87. The van der Waals surface area contributed by atoms with Gasteiger partial charge in [-0.05, 0) is 38.8 Å². The number of aromatic nitrogens is 1. The van der Waals surface area contributed by atoms with Crippen LogP contribution in [-0.4, -0.2) is 41.6 Å². The number of amides is 1. The predicted molar refractivity (Wildman–Crippen MR) is 74.5 cm³/mol. The minimum Gasteiger partial charge on any atom is -0.381 e. The summed E-state index contributed by atoms with van der Waals surface area (Å²) in [5.74, 6) is 0.0226. The maximum absolute atomic E-state index is 12.5. The highest BCUT2D eigenvalue weighted by Crippen LogP contribution is 2.22.